The summed E-state index contributed by atoms with van der Waals surface area (Å²) in [6.07, 6.45) is 7.98. The van der Waals surface area contributed by atoms with Crippen molar-refractivity contribution in [2.45, 2.75) is 45.4 Å². The third kappa shape index (κ3) is 98.5. The van der Waals surface area contributed by atoms with Crippen LogP contribution in [0.15, 0.2) is 0 Å². The molecule has 0 rings (SSSR count). The van der Waals surface area contributed by atoms with Gasteiger partial charge in [0.25, 0.3) is 0 Å². The van der Waals surface area contributed by atoms with Crippen LogP contribution in [-0.2, 0) is 14.7 Å². The van der Waals surface area contributed by atoms with Crippen LogP contribution in [0.3, 0.4) is 0 Å². The molecular formula is C13H32Cl3Ti-6. The standard InChI is InChI=1S/C8H17.5CH3.3ClH.Ti/c1-3-5-7-8-6-4-2;;;;;;;;;/h1,3-8H2,2H3;5*1H3;3*1H;/q6*-1;;;;+3/p-3. The van der Waals surface area contributed by atoms with E-state index in [0.29, 0.717) is 0 Å². The summed E-state index contributed by atoms with van der Waals surface area (Å²) >= 11 is -1.92. The summed E-state index contributed by atoms with van der Waals surface area (Å²) in [5, 5.41) is 0. The Morgan fingerprint density at radius 1 is 0.765 bits per heavy atom. The van der Waals surface area contributed by atoms with Gasteiger partial charge >= 0.3 is 42.6 Å². The van der Waals surface area contributed by atoms with Gasteiger partial charge in [0, 0.05) is 0 Å². The molecule has 0 aliphatic heterocycles. The summed E-state index contributed by atoms with van der Waals surface area (Å²) in [5.74, 6) is 0. The zero-order valence-electron chi connectivity index (χ0n) is 12.6. The molecule has 0 radical (unpaired) electrons. The minimum absolute atomic E-state index is 0. The molecule has 0 spiro atoms. The molecule has 0 nitrogen and oxygen atoms in total. The predicted octanol–water partition coefficient (Wildman–Crippen LogP) is 7.50. The van der Waals surface area contributed by atoms with Crippen LogP contribution in [0.2, 0.25) is 0 Å². The summed E-state index contributed by atoms with van der Waals surface area (Å²) in [7, 11) is 14.9. The van der Waals surface area contributed by atoms with Crippen molar-refractivity contribution in [3.05, 3.63) is 44.1 Å². The first-order valence-electron chi connectivity index (χ1n) is 4.27. The van der Waals surface area contributed by atoms with E-state index in [2.05, 4.69) is 13.8 Å². The van der Waals surface area contributed by atoms with Crippen LogP contribution in [0.25, 0.3) is 0 Å². The van der Waals surface area contributed by atoms with Crippen molar-refractivity contribution in [2.75, 3.05) is 0 Å². The summed E-state index contributed by atoms with van der Waals surface area (Å²) in [6.45, 7) is 6.02. The molecule has 0 aromatic heterocycles. The zero-order valence-corrected chi connectivity index (χ0v) is 16.4. The van der Waals surface area contributed by atoms with E-state index in [4.69, 9.17) is 27.9 Å². The van der Waals surface area contributed by atoms with Crippen LogP contribution in [0.1, 0.15) is 45.4 Å². The van der Waals surface area contributed by atoms with E-state index in [0.717, 1.165) is 6.42 Å². The van der Waals surface area contributed by atoms with Crippen LogP contribution >= 0.6 is 27.9 Å². The van der Waals surface area contributed by atoms with Crippen molar-refractivity contribution in [2.24, 2.45) is 0 Å². The molecule has 0 N–H and O–H groups in total. The van der Waals surface area contributed by atoms with Crippen molar-refractivity contribution >= 4 is 27.9 Å². The molecule has 0 saturated carbocycles. The summed E-state index contributed by atoms with van der Waals surface area (Å²) in [6, 6.07) is 0. The second kappa shape index (κ2) is 43.2. The van der Waals surface area contributed by atoms with Crippen molar-refractivity contribution in [1.29, 1.82) is 0 Å². The Hall–Kier alpha value is 1.58. The topological polar surface area (TPSA) is 0 Å². The Balaban J connectivity index is -0.0000000202. The van der Waals surface area contributed by atoms with Gasteiger partial charge in [-0.25, -0.2) is 0 Å². The first-order chi connectivity index (χ1) is 5.65. The molecule has 0 aromatic rings. The zero-order chi connectivity index (χ0) is 9.82. The van der Waals surface area contributed by atoms with Gasteiger partial charge in [-0.05, 0) is 0 Å². The fourth-order valence-electron chi connectivity index (χ4n) is 0.780. The van der Waals surface area contributed by atoms with Crippen LogP contribution in [0, 0.1) is 44.1 Å². The molecular weight excluding hydrogens is 310 g/mol. The fourth-order valence-corrected chi connectivity index (χ4v) is 0.780. The Morgan fingerprint density at radius 2 is 1.06 bits per heavy atom. The van der Waals surface area contributed by atoms with Gasteiger partial charge in [-0.3, -0.25) is 0 Å². The van der Waals surface area contributed by atoms with E-state index < -0.39 is 14.7 Å². The number of hydrogen-bond donors (Lipinski definition) is 0. The molecule has 115 valence electrons. The molecule has 0 aromatic carbocycles. The predicted molar refractivity (Wildman–Crippen MR) is 88.4 cm³/mol. The van der Waals surface area contributed by atoms with Crippen LogP contribution in [0.4, 0.5) is 0 Å². The quantitative estimate of drug-likeness (QED) is 0.276. The Kier molecular flexibility index (Phi) is 109. The van der Waals surface area contributed by atoms with E-state index in [1.54, 1.807) is 0 Å². The molecule has 4 heteroatoms. The Morgan fingerprint density at radius 3 is 1.29 bits per heavy atom. The second-order valence-electron chi connectivity index (χ2n) is 2.48. The van der Waals surface area contributed by atoms with Gasteiger partial charge in [0.05, 0.1) is 0 Å². The SMILES string of the molecule is [CH2-]CCCCCCC.[CH3-].[CH3-].[CH3-].[CH3-].[CH3-].[Cl][Ti]([Cl])[Cl]. The van der Waals surface area contributed by atoms with Gasteiger partial charge in [0.15, 0.2) is 0 Å². The average Bonchev–Trinajstić information content (AvgIpc) is 1.97. The molecule has 0 unspecified atom stereocenters. The molecule has 0 atom stereocenters. The van der Waals surface area contributed by atoms with Gasteiger partial charge < -0.3 is 44.1 Å². The Bertz CT molecular complexity index is 62.9. The number of halogens is 3. The number of unbranched alkanes of at least 4 members (excludes halogenated alkanes) is 5. The molecule has 0 fully saturated rings. The van der Waals surface area contributed by atoms with Gasteiger partial charge in [0.1, 0.15) is 0 Å². The number of rotatable bonds is 5. The fraction of sp³-hybridized carbons (Fsp3) is 0.538. The van der Waals surface area contributed by atoms with Gasteiger partial charge in [0.2, 0.25) is 0 Å². The monoisotopic (exact) mass is 341 g/mol. The third-order valence-electron chi connectivity index (χ3n) is 1.35. The van der Waals surface area contributed by atoms with Crippen LogP contribution in [0.5, 0.6) is 0 Å². The molecule has 17 heavy (non-hydrogen) atoms. The molecule has 0 aliphatic carbocycles. The Labute approximate surface area is 131 Å². The van der Waals surface area contributed by atoms with Gasteiger partial charge in [-0.15, -0.1) is 0 Å². The van der Waals surface area contributed by atoms with E-state index in [9.17, 15) is 0 Å². The third-order valence-corrected chi connectivity index (χ3v) is 1.35. The van der Waals surface area contributed by atoms with Crippen LogP contribution in [-0.4, -0.2) is 0 Å². The minimum atomic E-state index is -1.92. The second-order valence-corrected chi connectivity index (χ2v) is 10.2. The normalized spacial score (nSPS) is 6.18. The average molecular weight is 343 g/mol. The van der Waals surface area contributed by atoms with Crippen molar-refractivity contribution in [3.8, 4) is 0 Å². The summed E-state index contributed by atoms with van der Waals surface area (Å²) in [5.41, 5.74) is 0. The van der Waals surface area contributed by atoms with Crippen molar-refractivity contribution in [3.63, 3.8) is 0 Å². The van der Waals surface area contributed by atoms with E-state index in [1.165, 1.54) is 32.1 Å². The van der Waals surface area contributed by atoms with E-state index >= 15 is 0 Å². The number of hydrogen-bond acceptors (Lipinski definition) is 0. The van der Waals surface area contributed by atoms with Crippen LogP contribution < -0.4 is 0 Å². The molecule has 0 aliphatic rings. The van der Waals surface area contributed by atoms with Crippen molar-refractivity contribution < 1.29 is 14.7 Å². The maximum atomic E-state index is 4.97. The van der Waals surface area contributed by atoms with Gasteiger partial charge in [-0.1, -0.05) is 39.0 Å². The molecule has 0 heterocycles. The first kappa shape index (κ1) is 42.8. The summed E-state index contributed by atoms with van der Waals surface area (Å²) < 4.78 is 0. The molecule has 0 amide bonds. The maximum absolute atomic E-state index is 4.97. The molecule has 0 saturated heterocycles. The van der Waals surface area contributed by atoms with Gasteiger partial charge in [-0.2, -0.15) is 6.42 Å². The van der Waals surface area contributed by atoms with Crippen molar-refractivity contribution in [1.82, 2.24) is 0 Å². The van der Waals surface area contributed by atoms with E-state index in [1.807, 2.05) is 0 Å². The molecule has 0 bridgehead atoms. The summed E-state index contributed by atoms with van der Waals surface area (Å²) in [4.78, 5) is 0. The first-order valence-corrected chi connectivity index (χ1v) is 10.7. The van der Waals surface area contributed by atoms with E-state index in [-0.39, 0.29) is 37.1 Å².